The zero-order valence-electron chi connectivity index (χ0n) is 12.9. The van der Waals surface area contributed by atoms with E-state index in [0.717, 1.165) is 23.0 Å². The molecule has 0 N–H and O–H groups in total. The van der Waals surface area contributed by atoms with Crippen LogP contribution in [0.4, 0.5) is 0 Å². The first-order valence-electron chi connectivity index (χ1n) is 7.86. The number of hydrogen-bond donors (Lipinski definition) is 0. The molecule has 0 bridgehead atoms. The molecule has 0 radical (unpaired) electrons. The van der Waals surface area contributed by atoms with Crippen molar-refractivity contribution in [3.8, 4) is 0 Å². The van der Waals surface area contributed by atoms with E-state index < -0.39 is 0 Å². The molecule has 0 spiro atoms. The molecule has 0 saturated heterocycles. The van der Waals surface area contributed by atoms with Crippen LogP contribution in [0.15, 0.2) is 57.7 Å². The number of thiophene rings is 2. The van der Waals surface area contributed by atoms with E-state index in [1.165, 1.54) is 15.3 Å². The van der Waals surface area contributed by atoms with Gasteiger partial charge in [-0.1, -0.05) is 34.1 Å². The second-order valence-electron chi connectivity index (χ2n) is 5.86. The number of amides is 1. The van der Waals surface area contributed by atoms with Crippen LogP contribution in [-0.2, 0) is 17.6 Å². The number of hydrogen-bond acceptors (Lipinski definition) is 3. The van der Waals surface area contributed by atoms with Crippen LogP contribution in [0.5, 0.6) is 0 Å². The second kappa shape index (κ2) is 6.82. The van der Waals surface area contributed by atoms with E-state index >= 15 is 0 Å². The minimum absolute atomic E-state index is 0.0722. The van der Waals surface area contributed by atoms with Gasteiger partial charge in [-0.25, -0.2) is 0 Å². The van der Waals surface area contributed by atoms with E-state index in [0.29, 0.717) is 6.42 Å². The average Bonchev–Trinajstić information content (AvgIpc) is 3.27. The molecule has 0 fully saturated rings. The van der Waals surface area contributed by atoms with E-state index in [-0.39, 0.29) is 11.9 Å². The molecule has 1 aromatic carbocycles. The zero-order valence-corrected chi connectivity index (χ0v) is 16.2. The van der Waals surface area contributed by atoms with Gasteiger partial charge in [-0.2, -0.15) is 0 Å². The number of fused-ring (bicyclic) bond motifs is 1. The van der Waals surface area contributed by atoms with Crippen molar-refractivity contribution in [3.05, 3.63) is 78.6 Å². The molecule has 2 aromatic heterocycles. The molecule has 24 heavy (non-hydrogen) atoms. The highest BCUT2D eigenvalue weighted by Gasteiger charge is 2.33. The number of rotatable bonds is 3. The lowest BCUT2D eigenvalue weighted by molar-refractivity contribution is -0.132. The highest BCUT2D eigenvalue weighted by Crippen LogP contribution is 2.39. The first kappa shape index (κ1) is 16.1. The molecule has 1 atom stereocenters. The predicted octanol–water partition coefficient (Wildman–Crippen LogP) is 5.29. The van der Waals surface area contributed by atoms with Crippen molar-refractivity contribution in [1.82, 2.24) is 4.90 Å². The third-order valence-corrected chi connectivity index (χ3v) is 6.82. The predicted molar refractivity (Wildman–Crippen MR) is 104 cm³/mol. The maximum atomic E-state index is 13.0. The van der Waals surface area contributed by atoms with Gasteiger partial charge in [0.05, 0.1) is 12.5 Å². The first-order chi connectivity index (χ1) is 11.7. The van der Waals surface area contributed by atoms with Gasteiger partial charge in [-0.3, -0.25) is 4.79 Å². The molecule has 0 aliphatic carbocycles. The van der Waals surface area contributed by atoms with Gasteiger partial charge in [0.25, 0.3) is 0 Å². The molecule has 1 unspecified atom stereocenters. The molecule has 4 rings (SSSR count). The summed E-state index contributed by atoms with van der Waals surface area (Å²) in [6, 6.07) is 14.5. The standard InChI is InChI=1S/C19H16BrNOS2/c20-14-5-3-13(4-6-14)12-18(22)21-9-7-16-15(8-11-24-16)19(21)17-2-1-10-23-17/h1-6,8,10-11,19H,7,9,12H2. The van der Waals surface area contributed by atoms with Crippen molar-refractivity contribution < 1.29 is 4.79 Å². The quantitative estimate of drug-likeness (QED) is 0.566. The van der Waals surface area contributed by atoms with Gasteiger partial charge >= 0.3 is 0 Å². The number of carbonyl (C=O) groups is 1. The molecular formula is C19H16BrNOS2. The highest BCUT2D eigenvalue weighted by atomic mass is 79.9. The first-order valence-corrected chi connectivity index (χ1v) is 10.4. The average molecular weight is 418 g/mol. The normalized spacial score (nSPS) is 16.9. The Labute approximate surface area is 157 Å². The largest absolute Gasteiger partial charge is 0.330 e. The Morgan fingerprint density at radius 1 is 1.12 bits per heavy atom. The van der Waals surface area contributed by atoms with E-state index in [1.54, 1.807) is 11.3 Å². The maximum absolute atomic E-state index is 13.0. The van der Waals surface area contributed by atoms with Crippen LogP contribution in [0, 0.1) is 0 Å². The van der Waals surface area contributed by atoms with Gasteiger partial charge < -0.3 is 4.90 Å². The number of carbonyl (C=O) groups excluding carboxylic acids is 1. The third-order valence-electron chi connectivity index (χ3n) is 4.37. The van der Waals surface area contributed by atoms with Crippen LogP contribution in [0.1, 0.15) is 26.9 Å². The Morgan fingerprint density at radius 2 is 1.96 bits per heavy atom. The molecule has 122 valence electrons. The summed E-state index contributed by atoms with van der Waals surface area (Å²) in [5.74, 6) is 0.201. The second-order valence-corrected chi connectivity index (χ2v) is 8.75. The van der Waals surface area contributed by atoms with Crippen LogP contribution >= 0.6 is 38.6 Å². The Bertz CT molecular complexity index is 839. The molecule has 0 saturated carbocycles. The summed E-state index contributed by atoms with van der Waals surface area (Å²) in [5, 5.41) is 4.24. The number of benzene rings is 1. The van der Waals surface area contributed by atoms with Crippen LogP contribution in [-0.4, -0.2) is 17.4 Å². The monoisotopic (exact) mass is 417 g/mol. The summed E-state index contributed by atoms with van der Waals surface area (Å²) >= 11 is 6.98. The smallest absolute Gasteiger partial charge is 0.227 e. The van der Waals surface area contributed by atoms with Crippen LogP contribution in [0.2, 0.25) is 0 Å². The van der Waals surface area contributed by atoms with Crippen LogP contribution in [0.25, 0.3) is 0 Å². The van der Waals surface area contributed by atoms with Crippen molar-refractivity contribution in [1.29, 1.82) is 0 Å². The summed E-state index contributed by atoms with van der Waals surface area (Å²) in [6.45, 7) is 0.797. The van der Waals surface area contributed by atoms with Crippen molar-refractivity contribution in [2.24, 2.45) is 0 Å². The van der Waals surface area contributed by atoms with Gasteiger partial charge in [0.2, 0.25) is 5.91 Å². The van der Waals surface area contributed by atoms with Crippen molar-refractivity contribution >= 4 is 44.5 Å². The summed E-state index contributed by atoms with van der Waals surface area (Å²) < 4.78 is 1.04. The van der Waals surface area contributed by atoms with Crippen molar-refractivity contribution in [2.45, 2.75) is 18.9 Å². The SMILES string of the molecule is O=C(Cc1ccc(Br)cc1)N1CCc2sccc2C1c1cccs1. The topological polar surface area (TPSA) is 20.3 Å². The van der Waals surface area contributed by atoms with E-state index in [9.17, 15) is 4.79 Å². The Hall–Kier alpha value is -1.43. The molecule has 1 amide bonds. The molecule has 1 aliphatic heterocycles. The molecule has 3 aromatic rings. The lowest BCUT2D eigenvalue weighted by Crippen LogP contribution is -2.40. The molecular weight excluding hydrogens is 402 g/mol. The van der Waals surface area contributed by atoms with E-state index in [2.05, 4.69) is 49.8 Å². The summed E-state index contributed by atoms with van der Waals surface area (Å²) in [4.78, 5) is 17.7. The van der Waals surface area contributed by atoms with Gasteiger partial charge in [-0.05, 0) is 52.6 Å². The van der Waals surface area contributed by atoms with Gasteiger partial charge in [-0.15, -0.1) is 22.7 Å². The fourth-order valence-corrected chi connectivity index (χ4v) is 5.24. The number of halogens is 1. The summed E-state index contributed by atoms with van der Waals surface area (Å²) in [5.41, 5.74) is 2.36. The van der Waals surface area contributed by atoms with E-state index in [1.807, 2.05) is 35.6 Å². The highest BCUT2D eigenvalue weighted by molar-refractivity contribution is 9.10. The van der Waals surface area contributed by atoms with Gasteiger partial charge in [0.15, 0.2) is 0 Å². The lowest BCUT2D eigenvalue weighted by Gasteiger charge is -2.35. The zero-order chi connectivity index (χ0) is 16.5. The summed E-state index contributed by atoms with van der Waals surface area (Å²) in [7, 11) is 0. The van der Waals surface area contributed by atoms with Crippen LogP contribution < -0.4 is 0 Å². The minimum Gasteiger partial charge on any atom is -0.330 e. The Morgan fingerprint density at radius 3 is 2.71 bits per heavy atom. The molecule has 1 aliphatic rings. The van der Waals surface area contributed by atoms with Gasteiger partial charge in [0, 0.05) is 20.8 Å². The third kappa shape index (κ3) is 3.08. The van der Waals surface area contributed by atoms with E-state index in [4.69, 9.17) is 0 Å². The molecule has 2 nitrogen and oxygen atoms in total. The maximum Gasteiger partial charge on any atom is 0.227 e. The lowest BCUT2D eigenvalue weighted by atomic mass is 9.97. The van der Waals surface area contributed by atoms with Crippen LogP contribution in [0.3, 0.4) is 0 Å². The number of nitrogens with zero attached hydrogens (tertiary/aromatic N) is 1. The minimum atomic E-state index is 0.0722. The van der Waals surface area contributed by atoms with Crippen molar-refractivity contribution in [3.63, 3.8) is 0 Å². The Kier molecular flexibility index (Phi) is 4.57. The van der Waals surface area contributed by atoms with Gasteiger partial charge in [0.1, 0.15) is 0 Å². The van der Waals surface area contributed by atoms with Crippen molar-refractivity contribution in [2.75, 3.05) is 6.54 Å². The summed E-state index contributed by atoms with van der Waals surface area (Å²) in [6.07, 6.45) is 1.41. The fourth-order valence-electron chi connectivity index (χ4n) is 3.22. The molecule has 3 heterocycles. The molecule has 5 heteroatoms. The Balaban J connectivity index is 1.63. The fraction of sp³-hybridized carbons (Fsp3) is 0.211.